The highest BCUT2D eigenvalue weighted by Crippen LogP contribution is 2.34. The molecule has 1 unspecified atom stereocenters. The number of nitrogens with one attached hydrogen (secondary N) is 4. The van der Waals surface area contributed by atoms with Crippen molar-refractivity contribution >= 4 is 35.2 Å². The summed E-state index contributed by atoms with van der Waals surface area (Å²) in [6.45, 7) is 8.01. The van der Waals surface area contributed by atoms with Crippen LogP contribution in [0.4, 0.5) is 5.69 Å². The Kier molecular flexibility index (Phi) is 13.3. The monoisotopic (exact) mass is 748 g/mol. The van der Waals surface area contributed by atoms with Crippen LogP contribution in [0.15, 0.2) is 60.8 Å². The smallest absolute Gasteiger partial charge is 0.255 e. The summed E-state index contributed by atoms with van der Waals surface area (Å²) in [5.41, 5.74) is 17.7. The summed E-state index contributed by atoms with van der Waals surface area (Å²) in [6, 6.07) is 14.5. The predicted octanol–water partition coefficient (Wildman–Crippen LogP) is 3.19. The van der Waals surface area contributed by atoms with Gasteiger partial charge < -0.3 is 37.5 Å². The number of hydrogen-bond donors (Lipinski definition) is 6. The van der Waals surface area contributed by atoms with E-state index >= 15 is 0 Å². The lowest BCUT2D eigenvalue weighted by molar-refractivity contribution is -0.128. The quantitative estimate of drug-likeness (QED) is 0.117. The Bertz CT molecular complexity index is 2100. The summed E-state index contributed by atoms with van der Waals surface area (Å²) in [5, 5.41) is 11.0. The molecule has 4 bridgehead atoms. The van der Waals surface area contributed by atoms with Gasteiger partial charge >= 0.3 is 0 Å². The molecule has 14 nitrogen and oxygen atoms in total. The van der Waals surface area contributed by atoms with Gasteiger partial charge in [-0.05, 0) is 92.2 Å². The predicted molar refractivity (Wildman–Crippen MR) is 209 cm³/mol. The molecule has 288 valence electrons. The van der Waals surface area contributed by atoms with Gasteiger partial charge in [-0.25, -0.2) is 9.97 Å². The van der Waals surface area contributed by atoms with Crippen LogP contribution in [0.1, 0.15) is 64.5 Å². The van der Waals surface area contributed by atoms with Crippen molar-refractivity contribution in [1.82, 2.24) is 25.9 Å². The van der Waals surface area contributed by atoms with Crippen molar-refractivity contribution < 1.29 is 28.7 Å². The van der Waals surface area contributed by atoms with Gasteiger partial charge in [-0.15, -0.1) is 0 Å². The molecule has 5 amide bonds. The summed E-state index contributed by atoms with van der Waals surface area (Å²) in [6.07, 6.45) is 3.66. The third kappa shape index (κ3) is 10.3. The molecule has 4 aromatic rings. The van der Waals surface area contributed by atoms with Gasteiger partial charge in [0.15, 0.2) is 5.82 Å². The second-order valence-corrected chi connectivity index (χ2v) is 13.7. The number of aryl methyl sites for hydroxylation is 3. The van der Waals surface area contributed by atoms with Crippen LogP contribution in [-0.2, 0) is 32.0 Å². The molecule has 2 heterocycles. The number of benzene rings is 3. The van der Waals surface area contributed by atoms with E-state index in [1.54, 1.807) is 32.0 Å². The second-order valence-electron chi connectivity index (χ2n) is 13.7. The van der Waals surface area contributed by atoms with Crippen LogP contribution in [0.5, 0.6) is 5.75 Å². The molecule has 2 atom stereocenters. The second kappa shape index (κ2) is 18.3. The average molecular weight is 749 g/mol. The fraction of sp³-hybridized carbons (Fsp3) is 0.341. The van der Waals surface area contributed by atoms with Gasteiger partial charge in [-0.3, -0.25) is 24.0 Å². The first kappa shape index (κ1) is 40.0. The molecule has 14 heteroatoms. The number of carbonyl (C=O) groups excluding carboxylic acids is 5. The van der Waals surface area contributed by atoms with Crippen LogP contribution in [-0.4, -0.2) is 71.3 Å². The maximum atomic E-state index is 14.0. The minimum absolute atomic E-state index is 0.00454. The van der Waals surface area contributed by atoms with Crippen LogP contribution in [0, 0.1) is 20.8 Å². The lowest BCUT2D eigenvalue weighted by Gasteiger charge is -2.23. The summed E-state index contributed by atoms with van der Waals surface area (Å²) in [7, 11) is 0. The third-order valence-electron chi connectivity index (χ3n) is 9.32. The number of ether oxygens (including phenoxy) is 1. The van der Waals surface area contributed by atoms with Gasteiger partial charge in [-0.2, -0.15) is 0 Å². The molecular weight excluding hydrogens is 701 g/mol. The van der Waals surface area contributed by atoms with E-state index in [-0.39, 0.29) is 43.8 Å². The van der Waals surface area contributed by atoms with E-state index in [0.29, 0.717) is 51.6 Å². The normalized spacial score (nSPS) is 14.8. The lowest BCUT2D eigenvalue weighted by Crippen LogP contribution is -2.49. The number of primary amides is 1. The Labute approximate surface area is 320 Å². The van der Waals surface area contributed by atoms with E-state index < -0.39 is 35.7 Å². The zero-order valence-electron chi connectivity index (χ0n) is 31.6. The highest BCUT2D eigenvalue weighted by atomic mass is 16.5. The summed E-state index contributed by atoms with van der Waals surface area (Å²) in [5.74, 6) is -1.48. The molecule has 8 N–H and O–H groups in total. The van der Waals surface area contributed by atoms with E-state index in [9.17, 15) is 24.0 Å². The van der Waals surface area contributed by atoms with Gasteiger partial charge in [0.25, 0.3) is 5.91 Å². The standard InChI is InChI=1S/C41H48N8O6/c1-5-6-14-55-29-10-11-30(23(2)16-29)39-45-21-32(25(4)46-39)40(53)48-33(12-13-42)41(54)49-37-24(3)15-27-18-31(37)28-9-7-8-26(17-28)20-35(50)44-22-36(51)47-34(19-27)38(43)52/h7-11,15-18,21,33-34H,5-6,12-14,19-20,22,42H2,1-4H3,(H2,43,52)(H,44,50)(H,47,51)(H,48,53)(H,49,54)/t33-,34?/m0/s1. The molecule has 1 aromatic heterocycles. The first-order valence-electron chi connectivity index (χ1n) is 18.3. The number of rotatable bonds is 12. The van der Waals surface area contributed by atoms with Gasteiger partial charge in [0.1, 0.15) is 17.8 Å². The molecular formula is C41H48N8O6. The zero-order chi connectivity index (χ0) is 39.6. The van der Waals surface area contributed by atoms with Crippen molar-refractivity contribution in [2.24, 2.45) is 11.5 Å². The lowest BCUT2D eigenvalue weighted by atomic mass is 9.93. The minimum atomic E-state index is -1.04. The van der Waals surface area contributed by atoms with Crippen molar-refractivity contribution in [1.29, 1.82) is 0 Å². The van der Waals surface area contributed by atoms with Crippen molar-refractivity contribution in [2.75, 3.05) is 25.0 Å². The number of hydrogen-bond acceptors (Lipinski definition) is 9. The zero-order valence-corrected chi connectivity index (χ0v) is 31.6. The number of aromatic nitrogens is 2. The first-order valence-corrected chi connectivity index (χ1v) is 18.3. The Balaban J connectivity index is 1.41. The Hall–Kier alpha value is -6.15. The number of fused-ring (bicyclic) bond motifs is 5. The van der Waals surface area contributed by atoms with Gasteiger partial charge in [0, 0.05) is 23.7 Å². The summed E-state index contributed by atoms with van der Waals surface area (Å²) >= 11 is 0. The van der Waals surface area contributed by atoms with Gasteiger partial charge in [0.05, 0.1) is 36.5 Å². The highest BCUT2D eigenvalue weighted by molar-refractivity contribution is 6.04. The molecule has 0 saturated carbocycles. The van der Waals surface area contributed by atoms with E-state index in [1.165, 1.54) is 6.20 Å². The Morgan fingerprint density at radius 3 is 2.49 bits per heavy atom. The van der Waals surface area contributed by atoms with Crippen LogP contribution in [0.3, 0.4) is 0 Å². The number of carbonyl (C=O) groups is 5. The molecule has 0 fully saturated rings. The average Bonchev–Trinajstić information content (AvgIpc) is 3.14. The molecule has 0 spiro atoms. The number of unbranched alkanes of at least 4 members (excludes halogenated alkanes) is 1. The molecule has 1 aliphatic heterocycles. The summed E-state index contributed by atoms with van der Waals surface area (Å²) < 4.78 is 5.82. The van der Waals surface area contributed by atoms with E-state index in [4.69, 9.17) is 16.2 Å². The number of anilines is 1. The molecule has 55 heavy (non-hydrogen) atoms. The number of amides is 5. The topological polar surface area (TPSA) is 221 Å². The SMILES string of the molecule is CCCCOc1ccc(-c2ncc(C(=O)N[C@@H](CCN)C(=O)Nc3c(C)cc4cc3-c3cccc(c3)CC(=O)NCC(=O)NC(C(N)=O)C4)c(C)n2)c(C)c1. The molecule has 3 aromatic carbocycles. The fourth-order valence-corrected chi connectivity index (χ4v) is 6.37. The third-order valence-corrected chi connectivity index (χ3v) is 9.32. The van der Waals surface area contributed by atoms with Crippen LogP contribution < -0.4 is 37.5 Å². The van der Waals surface area contributed by atoms with Gasteiger partial charge in [-0.1, -0.05) is 43.7 Å². The van der Waals surface area contributed by atoms with E-state index in [1.807, 2.05) is 43.3 Å². The van der Waals surface area contributed by atoms with Crippen molar-refractivity contribution in [3.8, 4) is 28.3 Å². The maximum Gasteiger partial charge on any atom is 0.255 e. The largest absolute Gasteiger partial charge is 0.494 e. The molecule has 1 aliphatic rings. The Morgan fingerprint density at radius 2 is 1.78 bits per heavy atom. The van der Waals surface area contributed by atoms with E-state index in [0.717, 1.165) is 29.7 Å². The Morgan fingerprint density at radius 1 is 0.982 bits per heavy atom. The highest BCUT2D eigenvalue weighted by Gasteiger charge is 2.26. The van der Waals surface area contributed by atoms with Crippen molar-refractivity contribution in [3.05, 3.63) is 94.3 Å². The van der Waals surface area contributed by atoms with Crippen molar-refractivity contribution in [2.45, 2.75) is 71.9 Å². The van der Waals surface area contributed by atoms with Gasteiger partial charge in [0.2, 0.25) is 23.6 Å². The molecule has 0 aliphatic carbocycles. The number of nitrogens with two attached hydrogens (primary N) is 2. The number of nitrogens with zero attached hydrogens (tertiary/aromatic N) is 2. The first-order chi connectivity index (χ1) is 26.4. The van der Waals surface area contributed by atoms with Crippen LogP contribution in [0.2, 0.25) is 0 Å². The summed E-state index contributed by atoms with van der Waals surface area (Å²) in [4.78, 5) is 74.3. The molecule has 0 radical (unpaired) electrons. The maximum absolute atomic E-state index is 14.0. The van der Waals surface area contributed by atoms with Crippen LogP contribution in [0.25, 0.3) is 22.5 Å². The van der Waals surface area contributed by atoms with Crippen LogP contribution >= 0.6 is 0 Å². The van der Waals surface area contributed by atoms with E-state index in [2.05, 4.69) is 38.2 Å². The molecule has 0 saturated heterocycles. The molecule has 5 rings (SSSR count). The van der Waals surface area contributed by atoms with Crippen molar-refractivity contribution in [3.63, 3.8) is 0 Å². The minimum Gasteiger partial charge on any atom is -0.494 e. The fourth-order valence-electron chi connectivity index (χ4n) is 6.37.